The van der Waals surface area contributed by atoms with Gasteiger partial charge in [0.25, 0.3) is 5.91 Å². The Hall–Kier alpha value is -2.55. The first kappa shape index (κ1) is 21.7. The fourth-order valence-corrected chi connectivity index (χ4v) is 6.13. The van der Waals surface area contributed by atoms with Gasteiger partial charge in [-0.3, -0.25) is 4.79 Å². The molecule has 1 aliphatic rings. The molecule has 6 nitrogen and oxygen atoms in total. The van der Waals surface area contributed by atoms with Crippen LogP contribution < -0.4 is 0 Å². The molecule has 0 radical (unpaired) electrons. The Morgan fingerprint density at radius 1 is 0.935 bits per heavy atom. The predicted octanol–water partition coefficient (Wildman–Crippen LogP) is 3.59. The molecule has 0 bridgehead atoms. The Kier molecular flexibility index (Phi) is 6.80. The standard InChI is InChI=1S/C23H25N3O3S2/c27-23(22-15-21(16-24-22)31(28,29)26-11-13-30-14-12-26)25(17-19-7-3-1-4-8-19)18-20-9-5-2-6-10-20/h1-10,15-16,24H,11-14,17-18H2. The highest BCUT2D eigenvalue weighted by atomic mass is 32.2. The molecule has 4 rings (SSSR count). The second kappa shape index (κ2) is 9.72. The van der Waals surface area contributed by atoms with Crippen LogP contribution in [0.2, 0.25) is 0 Å². The summed E-state index contributed by atoms with van der Waals surface area (Å²) in [6.07, 6.45) is 1.42. The molecule has 0 saturated carbocycles. The summed E-state index contributed by atoms with van der Waals surface area (Å²) in [6.45, 7) is 1.85. The van der Waals surface area contributed by atoms with Crippen molar-refractivity contribution in [3.05, 3.63) is 89.7 Å². The third-order valence-corrected chi connectivity index (χ3v) is 8.03. The number of carbonyl (C=O) groups is 1. The minimum absolute atomic E-state index is 0.141. The Bertz CT molecular complexity index is 1070. The molecule has 8 heteroatoms. The molecule has 31 heavy (non-hydrogen) atoms. The van der Waals surface area contributed by atoms with Gasteiger partial charge in [0.05, 0.1) is 0 Å². The lowest BCUT2D eigenvalue weighted by Gasteiger charge is -2.25. The van der Waals surface area contributed by atoms with Gasteiger partial charge >= 0.3 is 0 Å². The van der Waals surface area contributed by atoms with Gasteiger partial charge in [0.1, 0.15) is 10.6 Å². The number of hydrogen-bond acceptors (Lipinski definition) is 4. The molecular formula is C23H25N3O3S2. The number of aromatic nitrogens is 1. The number of nitrogens with zero attached hydrogens (tertiary/aromatic N) is 2. The normalized spacial score (nSPS) is 15.0. The highest BCUT2D eigenvalue weighted by Gasteiger charge is 2.28. The number of carbonyl (C=O) groups excluding carboxylic acids is 1. The van der Waals surface area contributed by atoms with Crippen LogP contribution in [-0.4, -0.2) is 53.1 Å². The minimum atomic E-state index is -3.60. The second-order valence-electron chi connectivity index (χ2n) is 7.40. The van der Waals surface area contributed by atoms with Crippen LogP contribution in [0.15, 0.2) is 77.8 Å². The molecule has 1 fully saturated rings. The van der Waals surface area contributed by atoms with Gasteiger partial charge in [0.15, 0.2) is 0 Å². The number of nitrogens with one attached hydrogen (secondary N) is 1. The van der Waals surface area contributed by atoms with Crippen molar-refractivity contribution in [3.8, 4) is 0 Å². The lowest BCUT2D eigenvalue weighted by molar-refractivity contribution is 0.0724. The van der Waals surface area contributed by atoms with Crippen LogP contribution in [0.5, 0.6) is 0 Å². The number of aromatic amines is 1. The van der Waals surface area contributed by atoms with E-state index < -0.39 is 10.0 Å². The Morgan fingerprint density at radius 3 is 2.03 bits per heavy atom. The van der Waals surface area contributed by atoms with Crippen molar-refractivity contribution < 1.29 is 13.2 Å². The number of H-pyrrole nitrogens is 1. The summed E-state index contributed by atoms with van der Waals surface area (Å²) in [5, 5.41) is 0. The molecule has 1 saturated heterocycles. The summed E-state index contributed by atoms with van der Waals surface area (Å²) in [4.78, 5) is 18.1. The molecule has 1 amide bonds. The predicted molar refractivity (Wildman–Crippen MR) is 123 cm³/mol. The van der Waals surface area contributed by atoms with Crippen LogP contribution in [0.3, 0.4) is 0 Å². The van der Waals surface area contributed by atoms with Gasteiger partial charge in [-0.15, -0.1) is 0 Å². The number of thioether (sulfide) groups is 1. The lowest BCUT2D eigenvalue weighted by atomic mass is 10.1. The number of benzene rings is 2. The van der Waals surface area contributed by atoms with E-state index in [2.05, 4.69) is 4.98 Å². The van der Waals surface area contributed by atoms with E-state index in [9.17, 15) is 13.2 Å². The maximum Gasteiger partial charge on any atom is 0.270 e. The monoisotopic (exact) mass is 455 g/mol. The van der Waals surface area contributed by atoms with Crippen LogP contribution in [0.25, 0.3) is 0 Å². The first-order valence-corrected chi connectivity index (χ1v) is 12.8. The zero-order valence-corrected chi connectivity index (χ0v) is 18.7. The van der Waals surface area contributed by atoms with E-state index in [0.29, 0.717) is 26.2 Å². The average molecular weight is 456 g/mol. The first-order chi connectivity index (χ1) is 15.0. The third kappa shape index (κ3) is 5.20. The van der Waals surface area contributed by atoms with Crippen molar-refractivity contribution in [2.75, 3.05) is 24.6 Å². The highest BCUT2D eigenvalue weighted by molar-refractivity contribution is 7.99. The molecule has 0 spiro atoms. The quantitative estimate of drug-likeness (QED) is 0.591. The fourth-order valence-electron chi connectivity index (χ4n) is 3.56. The van der Waals surface area contributed by atoms with E-state index >= 15 is 0 Å². The minimum Gasteiger partial charge on any atom is -0.356 e. The van der Waals surface area contributed by atoms with Crippen LogP contribution in [0, 0.1) is 0 Å². The van der Waals surface area contributed by atoms with Crippen molar-refractivity contribution in [2.45, 2.75) is 18.0 Å². The molecule has 0 atom stereocenters. The number of sulfonamides is 1. The van der Waals surface area contributed by atoms with Crippen molar-refractivity contribution in [1.82, 2.24) is 14.2 Å². The maximum atomic E-state index is 13.4. The van der Waals surface area contributed by atoms with E-state index in [0.717, 1.165) is 22.6 Å². The summed E-state index contributed by atoms with van der Waals surface area (Å²) in [5.41, 5.74) is 2.30. The van der Waals surface area contributed by atoms with E-state index in [1.165, 1.54) is 16.6 Å². The largest absolute Gasteiger partial charge is 0.356 e. The smallest absolute Gasteiger partial charge is 0.270 e. The van der Waals surface area contributed by atoms with E-state index in [1.54, 1.807) is 16.7 Å². The van der Waals surface area contributed by atoms with Crippen LogP contribution >= 0.6 is 11.8 Å². The van der Waals surface area contributed by atoms with Crippen LogP contribution in [0.1, 0.15) is 21.6 Å². The summed E-state index contributed by atoms with van der Waals surface area (Å²) >= 11 is 1.75. The Labute approximate surface area is 187 Å². The van der Waals surface area contributed by atoms with Gasteiger partial charge in [-0.1, -0.05) is 60.7 Å². The Balaban J connectivity index is 1.58. The summed E-state index contributed by atoms with van der Waals surface area (Å²) in [7, 11) is -3.60. The van der Waals surface area contributed by atoms with Gasteiger partial charge in [0, 0.05) is 43.9 Å². The topological polar surface area (TPSA) is 73.5 Å². The molecule has 0 aliphatic carbocycles. The molecule has 3 aromatic rings. The molecule has 162 valence electrons. The molecule has 2 aromatic carbocycles. The van der Waals surface area contributed by atoms with Gasteiger partial charge in [-0.2, -0.15) is 16.1 Å². The SMILES string of the molecule is O=C(c1cc(S(=O)(=O)N2CCSCC2)c[nH]1)N(Cc1ccccc1)Cc1ccccc1. The Morgan fingerprint density at radius 2 is 1.48 bits per heavy atom. The molecule has 1 N–H and O–H groups in total. The number of hydrogen-bond donors (Lipinski definition) is 1. The van der Waals surface area contributed by atoms with Gasteiger partial charge in [-0.25, -0.2) is 8.42 Å². The van der Waals surface area contributed by atoms with Crippen molar-refractivity contribution >= 4 is 27.7 Å². The van der Waals surface area contributed by atoms with Crippen LogP contribution in [0.4, 0.5) is 0 Å². The van der Waals surface area contributed by atoms with Gasteiger partial charge < -0.3 is 9.88 Å². The number of amides is 1. The lowest BCUT2D eigenvalue weighted by Crippen LogP contribution is -2.37. The van der Waals surface area contributed by atoms with Gasteiger partial charge in [0.2, 0.25) is 10.0 Å². The second-order valence-corrected chi connectivity index (χ2v) is 10.6. The van der Waals surface area contributed by atoms with Crippen LogP contribution in [-0.2, 0) is 23.1 Å². The van der Waals surface area contributed by atoms with E-state index in [1.807, 2.05) is 60.7 Å². The zero-order valence-electron chi connectivity index (χ0n) is 17.1. The van der Waals surface area contributed by atoms with Crippen molar-refractivity contribution in [1.29, 1.82) is 0 Å². The average Bonchev–Trinajstić information content (AvgIpc) is 3.31. The molecule has 1 aliphatic heterocycles. The molecular weight excluding hydrogens is 430 g/mol. The van der Waals surface area contributed by atoms with Crippen molar-refractivity contribution in [3.63, 3.8) is 0 Å². The fraction of sp³-hybridized carbons (Fsp3) is 0.261. The summed E-state index contributed by atoms with van der Waals surface area (Å²) < 4.78 is 27.4. The summed E-state index contributed by atoms with van der Waals surface area (Å²) in [6, 6.07) is 21.0. The van der Waals surface area contributed by atoms with Gasteiger partial charge in [-0.05, 0) is 17.2 Å². The third-order valence-electron chi connectivity index (χ3n) is 5.21. The maximum absolute atomic E-state index is 13.4. The number of rotatable bonds is 7. The molecule has 1 aromatic heterocycles. The first-order valence-electron chi connectivity index (χ1n) is 10.2. The molecule has 2 heterocycles. The van der Waals surface area contributed by atoms with Crippen molar-refractivity contribution in [2.24, 2.45) is 0 Å². The zero-order chi connectivity index (χ0) is 21.7. The highest BCUT2D eigenvalue weighted by Crippen LogP contribution is 2.22. The van der Waals surface area contributed by atoms with E-state index in [4.69, 9.17) is 0 Å². The summed E-state index contributed by atoms with van der Waals surface area (Å²) in [5.74, 6) is 1.35. The van der Waals surface area contributed by atoms with E-state index in [-0.39, 0.29) is 16.5 Å². The molecule has 0 unspecified atom stereocenters.